The molecule has 1 fully saturated rings. The normalized spacial score (nSPS) is 16.4. The van der Waals surface area contributed by atoms with Crippen molar-refractivity contribution in [3.05, 3.63) is 46.6 Å². The van der Waals surface area contributed by atoms with Gasteiger partial charge in [-0.1, -0.05) is 21.5 Å². The Morgan fingerprint density at radius 1 is 1.30 bits per heavy atom. The summed E-state index contributed by atoms with van der Waals surface area (Å²) >= 11 is 3.59. The van der Waals surface area contributed by atoms with E-state index in [2.05, 4.69) is 69.0 Å². The molecule has 0 amide bonds. The van der Waals surface area contributed by atoms with E-state index < -0.39 is 0 Å². The first-order chi connectivity index (χ1) is 10.1. The molecule has 0 bridgehead atoms. The molecule has 1 aliphatic rings. The van der Waals surface area contributed by atoms with Crippen LogP contribution >= 0.6 is 40.7 Å². The number of hydrogen-bond acceptors (Lipinski definition) is 2. The van der Waals surface area contributed by atoms with Gasteiger partial charge >= 0.3 is 0 Å². The highest BCUT2D eigenvalue weighted by molar-refractivity contribution is 9.10. The number of piperazine rings is 1. The molecular formula is C17H24BrCl2N3. The van der Waals surface area contributed by atoms with Gasteiger partial charge in [0.15, 0.2) is 0 Å². The molecule has 2 N–H and O–H groups in total. The van der Waals surface area contributed by atoms with Crippen LogP contribution in [0.2, 0.25) is 0 Å². The van der Waals surface area contributed by atoms with E-state index in [4.69, 9.17) is 0 Å². The summed E-state index contributed by atoms with van der Waals surface area (Å²) in [7, 11) is 0. The van der Waals surface area contributed by atoms with Crippen LogP contribution in [0.4, 0.5) is 0 Å². The second-order valence-electron chi connectivity index (χ2n) is 5.90. The van der Waals surface area contributed by atoms with Crippen LogP contribution in [-0.4, -0.2) is 36.1 Å². The van der Waals surface area contributed by atoms with Crippen molar-refractivity contribution in [1.82, 2.24) is 15.2 Å². The lowest BCUT2D eigenvalue weighted by atomic mass is 9.97. The third-order valence-electron chi connectivity index (χ3n) is 4.17. The van der Waals surface area contributed by atoms with Gasteiger partial charge in [-0.25, -0.2) is 0 Å². The number of benzene rings is 1. The molecule has 23 heavy (non-hydrogen) atoms. The fourth-order valence-corrected chi connectivity index (χ4v) is 3.51. The molecule has 1 aliphatic heterocycles. The zero-order valence-corrected chi connectivity index (χ0v) is 16.5. The summed E-state index contributed by atoms with van der Waals surface area (Å²) in [4.78, 5) is 5.99. The Bertz CT molecular complexity index is 650. The monoisotopic (exact) mass is 419 g/mol. The summed E-state index contributed by atoms with van der Waals surface area (Å²) < 4.78 is 1.13. The predicted molar refractivity (Wildman–Crippen MR) is 107 cm³/mol. The average molecular weight is 421 g/mol. The second kappa shape index (κ2) is 9.09. The highest BCUT2D eigenvalue weighted by Gasteiger charge is 2.24. The Kier molecular flexibility index (Phi) is 8.11. The van der Waals surface area contributed by atoms with Crippen molar-refractivity contribution in [2.24, 2.45) is 0 Å². The zero-order valence-electron chi connectivity index (χ0n) is 13.3. The van der Waals surface area contributed by atoms with Crippen LogP contribution in [0.25, 0.3) is 10.9 Å². The third kappa shape index (κ3) is 4.74. The van der Waals surface area contributed by atoms with Crippen molar-refractivity contribution in [3.8, 4) is 0 Å². The minimum Gasteiger partial charge on any atom is -0.361 e. The molecule has 3 rings (SSSR count). The van der Waals surface area contributed by atoms with Crippen LogP contribution in [0.15, 0.2) is 41.0 Å². The molecule has 2 aromatic rings. The van der Waals surface area contributed by atoms with Crippen molar-refractivity contribution in [1.29, 1.82) is 0 Å². The average Bonchev–Trinajstić information content (AvgIpc) is 2.88. The van der Waals surface area contributed by atoms with E-state index in [1.54, 1.807) is 0 Å². The van der Waals surface area contributed by atoms with E-state index in [1.807, 2.05) is 0 Å². The van der Waals surface area contributed by atoms with Crippen LogP contribution in [0.3, 0.4) is 0 Å². The number of aromatic nitrogens is 1. The minimum absolute atomic E-state index is 0. The molecule has 0 radical (unpaired) electrons. The van der Waals surface area contributed by atoms with Crippen LogP contribution in [0, 0.1) is 0 Å². The summed E-state index contributed by atoms with van der Waals surface area (Å²) in [6.45, 7) is 10.6. The van der Waals surface area contributed by atoms with Crippen molar-refractivity contribution in [3.63, 3.8) is 0 Å². The third-order valence-corrected chi connectivity index (χ3v) is 4.66. The molecule has 128 valence electrons. The van der Waals surface area contributed by atoms with E-state index >= 15 is 0 Å². The largest absolute Gasteiger partial charge is 0.361 e. The fraction of sp³-hybridized carbons (Fsp3) is 0.412. The first kappa shape index (κ1) is 20.5. The molecule has 0 aliphatic carbocycles. The van der Waals surface area contributed by atoms with Gasteiger partial charge in [0.25, 0.3) is 0 Å². The van der Waals surface area contributed by atoms with Gasteiger partial charge in [0.1, 0.15) is 0 Å². The summed E-state index contributed by atoms with van der Waals surface area (Å²) in [6.07, 6.45) is 3.19. The smallest absolute Gasteiger partial charge is 0.0458 e. The molecule has 0 saturated carbocycles. The van der Waals surface area contributed by atoms with Crippen LogP contribution < -0.4 is 5.32 Å². The van der Waals surface area contributed by atoms with Crippen molar-refractivity contribution in [2.75, 3.05) is 26.2 Å². The highest BCUT2D eigenvalue weighted by atomic mass is 79.9. The maximum Gasteiger partial charge on any atom is 0.0458 e. The predicted octanol–water partition coefficient (Wildman–Crippen LogP) is 4.69. The standard InChI is InChI=1S/C17H22BrN3.2ClH/c1-12(2)9-17(21-7-5-19-6-8-21)15-11-20-16-4-3-13(18)10-14(15)16;;/h3-4,10-11,17,19-20H,1,5-9H2,2H3;2*1H/t17-;;/m0../s1. The Balaban J connectivity index is 0.00000132. The van der Waals surface area contributed by atoms with E-state index in [0.29, 0.717) is 6.04 Å². The topological polar surface area (TPSA) is 31.1 Å². The van der Waals surface area contributed by atoms with E-state index in [0.717, 1.165) is 37.1 Å². The summed E-state index contributed by atoms with van der Waals surface area (Å²) in [5.41, 5.74) is 3.83. The van der Waals surface area contributed by atoms with Gasteiger partial charge in [-0.2, -0.15) is 0 Å². The number of nitrogens with zero attached hydrogens (tertiary/aromatic N) is 1. The molecule has 1 atom stereocenters. The molecule has 1 saturated heterocycles. The highest BCUT2D eigenvalue weighted by Crippen LogP contribution is 2.34. The van der Waals surface area contributed by atoms with Crippen LogP contribution in [-0.2, 0) is 0 Å². The number of rotatable bonds is 4. The maximum atomic E-state index is 4.14. The molecule has 1 aromatic carbocycles. The van der Waals surface area contributed by atoms with E-state index in [1.165, 1.54) is 22.0 Å². The quantitative estimate of drug-likeness (QED) is 0.703. The fourth-order valence-electron chi connectivity index (χ4n) is 3.15. The van der Waals surface area contributed by atoms with Gasteiger partial charge in [-0.3, -0.25) is 4.90 Å². The molecule has 2 heterocycles. The Morgan fingerprint density at radius 2 is 2.00 bits per heavy atom. The molecule has 6 heteroatoms. The van der Waals surface area contributed by atoms with Gasteiger partial charge < -0.3 is 10.3 Å². The Hall–Kier alpha value is -0.520. The van der Waals surface area contributed by atoms with E-state index in [-0.39, 0.29) is 24.8 Å². The van der Waals surface area contributed by atoms with Crippen molar-refractivity contribution < 1.29 is 0 Å². The number of aromatic amines is 1. The van der Waals surface area contributed by atoms with Gasteiger partial charge in [0, 0.05) is 53.8 Å². The van der Waals surface area contributed by atoms with Gasteiger partial charge in [0.2, 0.25) is 0 Å². The second-order valence-corrected chi connectivity index (χ2v) is 6.81. The summed E-state index contributed by atoms with van der Waals surface area (Å²) in [6, 6.07) is 6.85. The lowest BCUT2D eigenvalue weighted by Crippen LogP contribution is -2.45. The first-order valence-electron chi connectivity index (χ1n) is 7.51. The molecule has 0 unspecified atom stereocenters. The lowest BCUT2D eigenvalue weighted by Gasteiger charge is -2.35. The number of H-pyrrole nitrogens is 1. The van der Waals surface area contributed by atoms with Crippen LogP contribution in [0.5, 0.6) is 0 Å². The van der Waals surface area contributed by atoms with Gasteiger partial charge in [-0.05, 0) is 37.1 Å². The summed E-state index contributed by atoms with van der Waals surface area (Å²) in [5, 5.41) is 4.75. The minimum atomic E-state index is 0. The molecule has 1 aromatic heterocycles. The Morgan fingerprint density at radius 3 is 2.65 bits per heavy atom. The zero-order chi connectivity index (χ0) is 14.8. The number of fused-ring (bicyclic) bond motifs is 1. The van der Waals surface area contributed by atoms with Crippen molar-refractivity contribution >= 4 is 51.6 Å². The first-order valence-corrected chi connectivity index (χ1v) is 8.30. The number of nitrogens with one attached hydrogen (secondary N) is 2. The van der Waals surface area contributed by atoms with Gasteiger partial charge in [-0.15, -0.1) is 31.4 Å². The number of hydrogen-bond donors (Lipinski definition) is 2. The van der Waals surface area contributed by atoms with Crippen LogP contribution in [0.1, 0.15) is 24.9 Å². The maximum absolute atomic E-state index is 4.14. The number of halogens is 3. The lowest BCUT2D eigenvalue weighted by molar-refractivity contribution is 0.173. The molecule has 0 spiro atoms. The van der Waals surface area contributed by atoms with Crippen molar-refractivity contribution in [2.45, 2.75) is 19.4 Å². The molecule has 3 nitrogen and oxygen atoms in total. The SMILES string of the molecule is C=C(C)C[C@@H](c1c[nH]c2ccc(Br)cc12)N1CCNCC1.Cl.Cl. The summed E-state index contributed by atoms with van der Waals surface area (Å²) in [5.74, 6) is 0. The van der Waals surface area contributed by atoms with E-state index in [9.17, 15) is 0 Å². The Labute approximate surface area is 158 Å². The van der Waals surface area contributed by atoms with Gasteiger partial charge in [0.05, 0.1) is 0 Å². The molecular weight excluding hydrogens is 397 g/mol.